The molecule has 0 spiro atoms. The molecule has 4 aromatic rings. The molecule has 7 nitrogen and oxygen atoms in total. The van der Waals surface area contributed by atoms with E-state index in [0.717, 1.165) is 55.2 Å². The SMILES string of the molecule is CN(c1nc(-c2ccnc3[nH]c(C(F)(F)F)cc23)nc2cncc(C3CC3)c12)C1CCNC1. The number of alkyl halides is 3. The summed E-state index contributed by atoms with van der Waals surface area (Å²) in [5, 5.41) is 4.72. The molecule has 2 N–H and O–H groups in total. The highest BCUT2D eigenvalue weighted by atomic mass is 19.4. The number of nitrogens with zero attached hydrogens (tertiary/aromatic N) is 5. The number of aromatic nitrogens is 5. The minimum absolute atomic E-state index is 0.156. The number of H-pyrrole nitrogens is 1. The third kappa shape index (κ3) is 3.49. The standard InChI is InChI=1S/C23H22F3N7/c1-33(13-4-6-27-9-13)22-19-16(12-2-3-12)10-28-11-17(19)30-21(32-22)14-5-7-29-20-15(14)8-18(31-20)23(24,25)26/h5,7-8,10-13,27H,2-4,6,9H2,1H3,(H,29,31). The van der Waals surface area contributed by atoms with Crippen molar-refractivity contribution in [3.05, 3.63) is 42.0 Å². The molecular weight excluding hydrogens is 431 g/mol. The van der Waals surface area contributed by atoms with Gasteiger partial charge in [-0.05, 0) is 49.4 Å². The molecule has 2 aliphatic rings. The highest BCUT2D eigenvalue weighted by molar-refractivity contribution is 5.97. The van der Waals surface area contributed by atoms with Crippen molar-refractivity contribution in [2.45, 2.75) is 37.4 Å². The number of fused-ring (bicyclic) bond motifs is 2. The maximum Gasteiger partial charge on any atom is 0.431 e. The van der Waals surface area contributed by atoms with Gasteiger partial charge in [0.05, 0.1) is 11.7 Å². The molecule has 1 saturated heterocycles. The molecule has 6 rings (SSSR count). The van der Waals surface area contributed by atoms with E-state index >= 15 is 0 Å². The molecule has 33 heavy (non-hydrogen) atoms. The lowest BCUT2D eigenvalue weighted by Crippen LogP contribution is -2.34. The maximum absolute atomic E-state index is 13.3. The molecule has 2 fully saturated rings. The summed E-state index contributed by atoms with van der Waals surface area (Å²) in [5.41, 5.74) is 1.67. The van der Waals surface area contributed by atoms with Gasteiger partial charge in [0.15, 0.2) is 5.82 Å². The van der Waals surface area contributed by atoms with Gasteiger partial charge in [0.2, 0.25) is 0 Å². The summed E-state index contributed by atoms with van der Waals surface area (Å²) in [6.07, 6.45) is 3.83. The average molecular weight is 453 g/mol. The average Bonchev–Trinajstić information content (AvgIpc) is 3.30. The second-order valence-corrected chi connectivity index (χ2v) is 8.83. The fourth-order valence-electron chi connectivity index (χ4n) is 4.69. The minimum Gasteiger partial charge on any atom is -0.355 e. The fourth-order valence-corrected chi connectivity index (χ4v) is 4.69. The van der Waals surface area contributed by atoms with Crippen LogP contribution in [0.3, 0.4) is 0 Å². The van der Waals surface area contributed by atoms with Crippen molar-refractivity contribution in [1.29, 1.82) is 0 Å². The number of pyridine rings is 2. The number of halogens is 3. The molecule has 10 heteroatoms. The van der Waals surface area contributed by atoms with Crippen molar-refractivity contribution in [2.75, 3.05) is 25.0 Å². The van der Waals surface area contributed by atoms with Gasteiger partial charge in [0.25, 0.3) is 0 Å². The van der Waals surface area contributed by atoms with E-state index in [4.69, 9.17) is 9.97 Å². The van der Waals surface area contributed by atoms with Gasteiger partial charge in [-0.15, -0.1) is 0 Å². The molecule has 1 atom stereocenters. The molecule has 5 heterocycles. The minimum atomic E-state index is -4.49. The van der Waals surface area contributed by atoms with Crippen LogP contribution < -0.4 is 10.2 Å². The van der Waals surface area contributed by atoms with Crippen molar-refractivity contribution >= 4 is 27.8 Å². The van der Waals surface area contributed by atoms with E-state index in [1.807, 2.05) is 13.2 Å². The quantitative estimate of drug-likeness (QED) is 0.481. The van der Waals surface area contributed by atoms with Crippen LogP contribution in [-0.2, 0) is 6.18 Å². The van der Waals surface area contributed by atoms with Crippen LogP contribution in [0.1, 0.15) is 36.4 Å². The molecule has 1 saturated carbocycles. The van der Waals surface area contributed by atoms with Crippen molar-refractivity contribution in [3.8, 4) is 11.4 Å². The van der Waals surface area contributed by atoms with Crippen LogP contribution in [0.25, 0.3) is 33.3 Å². The Hall–Kier alpha value is -3.27. The number of rotatable bonds is 4. The van der Waals surface area contributed by atoms with E-state index in [1.165, 1.54) is 6.20 Å². The first-order valence-corrected chi connectivity index (χ1v) is 11.0. The zero-order chi connectivity index (χ0) is 22.7. The number of aromatic amines is 1. The second kappa shape index (κ2) is 7.38. The summed E-state index contributed by atoms with van der Waals surface area (Å²) in [5.74, 6) is 1.62. The van der Waals surface area contributed by atoms with Crippen LogP contribution in [0, 0.1) is 0 Å². The van der Waals surface area contributed by atoms with Gasteiger partial charge >= 0.3 is 6.18 Å². The number of nitrogens with one attached hydrogen (secondary N) is 2. The molecular formula is C23H22F3N7. The molecule has 1 aliphatic heterocycles. The Morgan fingerprint density at radius 2 is 1.97 bits per heavy atom. The second-order valence-electron chi connectivity index (χ2n) is 8.83. The predicted molar refractivity (Wildman–Crippen MR) is 119 cm³/mol. The maximum atomic E-state index is 13.3. The highest BCUT2D eigenvalue weighted by Crippen LogP contribution is 2.45. The third-order valence-corrected chi connectivity index (χ3v) is 6.63. The van der Waals surface area contributed by atoms with Crippen LogP contribution in [0.4, 0.5) is 19.0 Å². The van der Waals surface area contributed by atoms with Crippen LogP contribution in [0.15, 0.2) is 30.7 Å². The summed E-state index contributed by atoms with van der Waals surface area (Å²) in [4.78, 5) is 22.8. The number of likely N-dealkylation sites (N-methyl/N-ethyl adjacent to an activating group) is 1. The number of hydrogen-bond acceptors (Lipinski definition) is 6. The smallest absolute Gasteiger partial charge is 0.355 e. The molecule has 4 aromatic heterocycles. The summed E-state index contributed by atoms with van der Waals surface area (Å²) in [7, 11) is 2.03. The molecule has 1 unspecified atom stereocenters. The van der Waals surface area contributed by atoms with Gasteiger partial charge in [-0.25, -0.2) is 15.0 Å². The summed E-state index contributed by atoms with van der Waals surface area (Å²) in [6.45, 7) is 1.80. The lowest BCUT2D eigenvalue weighted by molar-refractivity contribution is -0.140. The van der Waals surface area contributed by atoms with Crippen molar-refractivity contribution < 1.29 is 13.2 Å². The van der Waals surface area contributed by atoms with Gasteiger partial charge in [0, 0.05) is 48.4 Å². The molecule has 1 aliphatic carbocycles. The number of hydrogen-bond donors (Lipinski definition) is 2. The van der Waals surface area contributed by atoms with E-state index in [2.05, 4.69) is 25.2 Å². The lowest BCUT2D eigenvalue weighted by atomic mass is 10.1. The lowest BCUT2D eigenvalue weighted by Gasteiger charge is -2.27. The predicted octanol–water partition coefficient (Wildman–Crippen LogP) is 4.26. The topological polar surface area (TPSA) is 82.6 Å². The first-order chi connectivity index (χ1) is 15.9. The summed E-state index contributed by atoms with van der Waals surface area (Å²) >= 11 is 0. The first kappa shape index (κ1) is 20.3. The van der Waals surface area contributed by atoms with Crippen molar-refractivity contribution in [3.63, 3.8) is 0 Å². The molecule has 170 valence electrons. The Bertz CT molecular complexity index is 1350. The highest BCUT2D eigenvalue weighted by Gasteiger charge is 2.34. The van der Waals surface area contributed by atoms with E-state index in [9.17, 15) is 13.2 Å². The van der Waals surface area contributed by atoms with Crippen LogP contribution in [0.2, 0.25) is 0 Å². The van der Waals surface area contributed by atoms with Gasteiger partial charge in [-0.1, -0.05) is 0 Å². The van der Waals surface area contributed by atoms with Crippen LogP contribution >= 0.6 is 0 Å². The fraction of sp³-hybridized carbons (Fsp3) is 0.391. The van der Waals surface area contributed by atoms with Crippen molar-refractivity contribution in [2.24, 2.45) is 0 Å². The Kier molecular flexibility index (Phi) is 4.55. The van der Waals surface area contributed by atoms with Crippen molar-refractivity contribution in [1.82, 2.24) is 30.2 Å². The Morgan fingerprint density at radius 1 is 1.12 bits per heavy atom. The molecule has 0 bridgehead atoms. The van der Waals surface area contributed by atoms with Crippen LogP contribution in [-0.4, -0.2) is 51.1 Å². The van der Waals surface area contributed by atoms with E-state index in [0.29, 0.717) is 28.2 Å². The Balaban J connectivity index is 1.58. The summed E-state index contributed by atoms with van der Waals surface area (Å²) < 4.78 is 40.0. The van der Waals surface area contributed by atoms with Gasteiger partial charge in [0.1, 0.15) is 17.2 Å². The van der Waals surface area contributed by atoms with Gasteiger partial charge in [-0.3, -0.25) is 4.98 Å². The molecule has 0 amide bonds. The zero-order valence-electron chi connectivity index (χ0n) is 17.9. The Labute approximate surface area is 187 Å². The summed E-state index contributed by atoms with van der Waals surface area (Å²) in [6, 6.07) is 3.02. The van der Waals surface area contributed by atoms with E-state index < -0.39 is 11.9 Å². The third-order valence-electron chi connectivity index (χ3n) is 6.63. The molecule has 0 radical (unpaired) electrons. The normalized spacial score (nSPS) is 19.0. The Morgan fingerprint density at radius 3 is 2.70 bits per heavy atom. The van der Waals surface area contributed by atoms with E-state index in [-0.39, 0.29) is 11.7 Å². The van der Waals surface area contributed by atoms with Gasteiger partial charge < -0.3 is 15.2 Å². The largest absolute Gasteiger partial charge is 0.431 e. The number of anilines is 1. The van der Waals surface area contributed by atoms with Crippen LogP contribution in [0.5, 0.6) is 0 Å². The zero-order valence-corrected chi connectivity index (χ0v) is 17.9. The van der Waals surface area contributed by atoms with E-state index in [1.54, 1.807) is 12.3 Å². The van der Waals surface area contributed by atoms with Gasteiger partial charge in [-0.2, -0.15) is 13.2 Å². The monoisotopic (exact) mass is 453 g/mol. The molecule has 0 aromatic carbocycles. The first-order valence-electron chi connectivity index (χ1n) is 11.0.